The maximum Gasteiger partial charge on any atom is 0.256 e. The van der Waals surface area contributed by atoms with Crippen LogP contribution in [0.25, 0.3) is 0 Å². The SMILES string of the molecule is OCCc1ccc(Oc2nccc(CO)c2F)cc1. The van der Waals surface area contributed by atoms with E-state index in [2.05, 4.69) is 4.98 Å². The van der Waals surface area contributed by atoms with Crippen LogP contribution in [-0.4, -0.2) is 21.8 Å². The van der Waals surface area contributed by atoms with E-state index in [1.807, 2.05) is 0 Å². The first-order chi connectivity index (χ1) is 9.24. The molecule has 0 atom stereocenters. The molecule has 0 aliphatic carbocycles. The fourth-order valence-electron chi connectivity index (χ4n) is 1.62. The highest BCUT2D eigenvalue weighted by molar-refractivity contribution is 5.32. The predicted octanol–water partition coefficient (Wildman–Crippen LogP) is 2.04. The number of aromatic nitrogens is 1. The van der Waals surface area contributed by atoms with Crippen molar-refractivity contribution in [2.75, 3.05) is 6.61 Å². The number of ether oxygens (including phenoxy) is 1. The van der Waals surface area contributed by atoms with Crippen LogP contribution in [0.4, 0.5) is 4.39 Å². The highest BCUT2D eigenvalue weighted by Gasteiger charge is 2.10. The molecule has 0 saturated heterocycles. The number of aliphatic hydroxyl groups excluding tert-OH is 2. The summed E-state index contributed by atoms with van der Waals surface area (Å²) in [6, 6.07) is 8.33. The summed E-state index contributed by atoms with van der Waals surface area (Å²) in [4.78, 5) is 3.79. The summed E-state index contributed by atoms with van der Waals surface area (Å²) >= 11 is 0. The number of nitrogens with zero attached hydrogens (tertiary/aromatic N) is 1. The van der Waals surface area contributed by atoms with Gasteiger partial charge < -0.3 is 14.9 Å². The first-order valence-electron chi connectivity index (χ1n) is 5.86. The quantitative estimate of drug-likeness (QED) is 0.866. The van der Waals surface area contributed by atoms with Crippen molar-refractivity contribution < 1.29 is 19.3 Å². The Hall–Kier alpha value is -1.98. The van der Waals surface area contributed by atoms with Crippen LogP contribution in [-0.2, 0) is 13.0 Å². The average Bonchev–Trinajstić information content (AvgIpc) is 2.43. The lowest BCUT2D eigenvalue weighted by Crippen LogP contribution is -1.97. The van der Waals surface area contributed by atoms with Crippen LogP contribution in [0, 0.1) is 5.82 Å². The largest absolute Gasteiger partial charge is 0.436 e. The lowest BCUT2D eigenvalue weighted by atomic mass is 10.1. The van der Waals surface area contributed by atoms with Gasteiger partial charge >= 0.3 is 0 Å². The van der Waals surface area contributed by atoms with Gasteiger partial charge in [0.25, 0.3) is 5.88 Å². The molecule has 0 radical (unpaired) electrons. The van der Waals surface area contributed by atoms with Crippen molar-refractivity contribution in [3.63, 3.8) is 0 Å². The molecule has 5 heteroatoms. The van der Waals surface area contributed by atoms with Crippen molar-refractivity contribution in [3.05, 3.63) is 53.5 Å². The van der Waals surface area contributed by atoms with Crippen LogP contribution in [0.1, 0.15) is 11.1 Å². The zero-order valence-corrected chi connectivity index (χ0v) is 10.2. The molecular weight excluding hydrogens is 249 g/mol. The van der Waals surface area contributed by atoms with E-state index in [0.29, 0.717) is 12.2 Å². The standard InChI is InChI=1S/C14H14FNO3/c15-13-11(9-18)5-7-16-14(13)19-12-3-1-10(2-4-12)6-8-17/h1-5,7,17-18H,6,8-9H2. The minimum atomic E-state index is -0.663. The molecule has 1 aromatic heterocycles. The maximum absolute atomic E-state index is 13.8. The number of pyridine rings is 1. The first kappa shape index (κ1) is 13.5. The van der Waals surface area contributed by atoms with Crippen LogP contribution >= 0.6 is 0 Å². The van der Waals surface area contributed by atoms with E-state index in [9.17, 15) is 4.39 Å². The Morgan fingerprint density at radius 2 is 1.84 bits per heavy atom. The number of hydrogen-bond donors (Lipinski definition) is 2. The normalized spacial score (nSPS) is 10.5. The first-order valence-corrected chi connectivity index (χ1v) is 5.86. The van der Waals surface area contributed by atoms with Gasteiger partial charge in [-0.05, 0) is 30.2 Å². The van der Waals surface area contributed by atoms with E-state index >= 15 is 0 Å². The summed E-state index contributed by atoms with van der Waals surface area (Å²) < 4.78 is 19.1. The lowest BCUT2D eigenvalue weighted by Gasteiger charge is -2.08. The molecule has 0 aliphatic rings. The number of aliphatic hydroxyl groups is 2. The number of halogens is 1. The second-order valence-corrected chi connectivity index (χ2v) is 3.97. The lowest BCUT2D eigenvalue weighted by molar-refractivity contribution is 0.273. The molecule has 1 heterocycles. The van der Waals surface area contributed by atoms with Gasteiger partial charge in [0.05, 0.1) is 6.61 Å². The smallest absolute Gasteiger partial charge is 0.256 e. The van der Waals surface area contributed by atoms with Crippen molar-refractivity contribution in [2.45, 2.75) is 13.0 Å². The summed E-state index contributed by atoms with van der Waals surface area (Å²) in [5.74, 6) is -0.380. The molecular formula is C14H14FNO3. The summed E-state index contributed by atoms with van der Waals surface area (Å²) in [5, 5.41) is 17.8. The summed E-state index contributed by atoms with van der Waals surface area (Å²) in [7, 11) is 0. The Morgan fingerprint density at radius 1 is 1.11 bits per heavy atom. The van der Waals surface area contributed by atoms with E-state index in [4.69, 9.17) is 14.9 Å². The highest BCUT2D eigenvalue weighted by Crippen LogP contribution is 2.24. The van der Waals surface area contributed by atoms with E-state index in [-0.39, 0.29) is 18.1 Å². The minimum Gasteiger partial charge on any atom is -0.436 e. The fraction of sp³-hybridized carbons (Fsp3) is 0.214. The molecule has 100 valence electrons. The van der Waals surface area contributed by atoms with Crippen molar-refractivity contribution in [1.29, 1.82) is 0 Å². The van der Waals surface area contributed by atoms with Gasteiger partial charge in [0.2, 0.25) is 0 Å². The van der Waals surface area contributed by atoms with Gasteiger partial charge in [-0.25, -0.2) is 9.37 Å². The van der Waals surface area contributed by atoms with Crippen LogP contribution < -0.4 is 4.74 Å². The molecule has 0 saturated carbocycles. The molecule has 0 bridgehead atoms. The van der Waals surface area contributed by atoms with E-state index in [0.717, 1.165) is 5.56 Å². The fourth-order valence-corrected chi connectivity index (χ4v) is 1.62. The van der Waals surface area contributed by atoms with Gasteiger partial charge in [-0.3, -0.25) is 0 Å². The minimum absolute atomic E-state index is 0.0783. The van der Waals surface area contributed by atoms with Crippen LogP contribution in [0.5, 0.6) is 11.6 Å². The Morgan fingerprint density at radius 3 is 2.47 bits per heavy atom. The Bertz CT molecular complexity index is 543. The van der Waals surface area contributed by atoms with Crippen molar-refractivity contribution in [2.24, 2.45) is 0 Å². The van der Waals surface area contributed by atoms with Gasteiger partial charge in [0, 0.05) is 18.4 Å². The number of hydrogen-bond acceptors (Lipinski definition) is 4. The molecule has 0 unspecified atom stereocenters. The topological polar surface area (TPSA) is 62.6 Å². The van der Waals surface area contributed by atoms with E-state index < -0.39 is 12.4 Å². The molecule has 2 rings (SSSR count). The van der Waals surface area contributed by atoms with Crippen molar-refractivity contribution in [1.82, 2.24) is 4.98 Å². The van der Waals surface area contributed by atoms with Gasteiger partial charge in [0.1, 0.15) is 5.75 Å². The summed E-state index contributed by atoms with van der Waals surface area (Å²) in [6.07, 6.45) is 1.94. The zero-order valence-electron chi connectivity index (χ0n) is 10.2. The predicted molar refractivity (Wildman–Crippen MR) is 67.4 cm³/mol. The second kappa shape index (κ2) is 6.26. The Balaban J connectivity index is 2.16. The van der Waals surface area contributed by atoms with Crippen LogP contribution in [0.15, 0.2) is 36.5 Å². The Kier molecular flexibility index (Phi) is 4.43. The maximum atomic E-state index is 13.8. The van der Waals surface area contributed by atoms with Gasteiger partial charge in [-0.15, -0.1) is 0 Å². The van der Waals surface area contributed by atoms with E-state index in [1.165, 1.54) is 12.3 Å². The molecule has 0 aliphatic heterocycles. The molecule has 0 amide bonds. The number of rotatable bonds is 5. The Labute approximate surface area is 110 Å². The monoisotopic (exact) mass is 263 g/mol. The van der Waals surface area contributed by atoms with Crippen LogP contribution in [0.2, 0.25) is 0 Å². The van der Waals surface area contributed by atoms with Crippen LogP contribution in [0.3, 0.4) is 0 Å². The number of benzene rings is 1. The molecule has 2 aromatic rings. The average molecular weight is 263 g/mol. The molecule has 4 nitrogen and oxygen atoms in total. The van der Waals surface area contributed by atoms with Crippen molar-refractivity contribution >= 4 is 0 Å². The summed E-state index contributed by atoms with van der Waals surface area (Å²) in [6.45, 7) is -0.324. The zero-order chi connectivity index (χ0) is 13.7. The molecule has 1 aromatic carbocycles. The third-order valence-corrected chi connectivity index (χ3v) is 2.65. The molecule has 19 heavy (non-hydrogen) atoms. The molecule has 0 spiro atoms. The molecule has 2 N–H and O–H groups in total. The van der Waals surface area contributed by atoms with Gasteiger partial charge in [0.15, 0.2) is 5.82 Å². The molecule has 0 fully saturated rings. The van der Waals surface area contributed by atoms with Gasteiger partial charge in [-0.2, -0.15) is 0 Å². The van der Waals surface area contributed by atoms with E-state index in [1.54, 1.807) is 24.3 Å². The highest BCUT2D eigenvalue weighted by atomic mass is 19.1. The third kappa shape index (κ3) is 3.27. The second-order valence-electron chi connectivity index (χ2n) is 3.97. The summed E-state index contributed by atoms with van der Waals surface area (Å²) in [5.41, 5.74) is 1.11. The van der Waals surface area contributed by atoms with Gasteiger partial charge in [-0.1, -0.05) is 12.1 Å². The van der Waals surface area contributed by atoms with Crippen molar-refractivity contribution in [3.8, 4) is 11.6 Å². The third-order valence-electron chi connectivity index (χ3n) is 2.65.